The van der Waals surface area contributed by atoms with Crippen molar-refractivity contribution in [1.82, 2.24) is 0 Å². The van der Waals surface area contributed by atoms with Crippen molar-refractivity contribution >= 4 is 11.5 Å². The van der Waals surface area contributed by atoms with E-state index in [0.717, 1.165) is 37.0 Å². The van der Waals surface area contributed by atoms with Crippen LogP contribution in [-0.2, 0) is 9.63 Å². The second-order valence-electron chi connectivity index (χ2n) is 9.79. The van der Waals surface area contributed by atoms with E-state index in [9.17, 15) is 4.79 Å². The highest BCUT2D eigenvalue weighted by Crippen LogP contribution is 2.66. The number of hydrogen-bond acceptors (Lipinski definition) is 3. The predicted octanol–water partition coefficient (Wildman–Crippen LogP) is 5.55. The Balaban J connectivity index is 1.60. The lowest BCUT2D eigenvalue weighted by atomic mass is 9.46. The topological polar surface area (TPSA) is 38.7 Å². The van der Waals surface area contributed by atoms with Gasteiger partial charge in [0.1, 0.15) is 6.61 Å². The Labute approximate surface area is 158 Å². The van der Waals surface area contributed by atoms with E-state index < -0.39 is 0 Å². The van der Waals surface area contributed by atoms with Crippen molar-refractivity contribution in [1.29, 1.82) is 0 Å². The number of oxime groups is 1. The van der Waals surface area contributed by atoms with Crippen molar-refractivity contribution in [3.05, 3.63) is 11.6 Å². The average Bonchev–Trinajstić information content (AvgIpc) is 2.97. The first-order chi connectivity index (χ1) is 12.4. The van der Waals surface area contributed by atoms with Crippen LogP contribution in [0.1, 0.15) is 79.1 Å². The van der Waals surface area contributed by atoms with Gasteiger partial charge in [0, 0.05) is 12.3 Å². The molecule has 0 amide bonds. The highest BCUT2D eigenvalue weighted by atomic mass is 16.6. The smallest absolute Gasteiger partial charge is 0.155 e. The van der Waals surface area contributed by atoms with Crippen LogP contribution in [0.3, 0.4) is 0 Å². The Kier molecular flexibility index (Phi) is 4.56. The van der Waals surface area contributed by atoms with Crippen LogP contribution < -0.4 is 0 Å². The van der Waals surface area contributed by atoms with Crippen LogP contribution in [0.4, 0.5) is 0 Å². The van der Waals surface area contributed by atoms with Gasteiger partial charge in [-0.05, 0) is 93.5 Å². The summed E-state index contributed by atoms with van der Waals surface area (Å²) >= 11 is 0. The van der Waals surface area contributed by atoms with Gasteiger partial charge in [-0.1, -0.05) is 24.6 Å². The summed E-state index contributed by atoms with van der Waals surface area (Å²) < 4.78 is 0. The molecule has 0 aromatic rings. The fraction of sp³-hybridized carbons (Fsp3) is 0.826. The normalized spacial score (nSPS) is 45.5. The van der Waals surface area contributed by atoms with Crippen LogP contribution in [-0.4, -0.2) is 18.1 Å². The number of allylic oxidation sites excluding steroid dienone is 1. The molecule has 0 spiro atoms. The minimum absolute atomic E-state index is 0.282. The molecule has 0 aromatic heterocycles. The third kappa shape index (κ3) is 2.60. The molecule has 0 aromatic carbocycles. The molecule has 3 nitrogen and oxygen atoms in total. The Morgan fingerprint density at radius 1 is 1.15 bits per heavy atom. The first-order valence-corrected chi connectivity index (χ1v) is 10.8. The Morgan fingerprint density at radius 3 is 2.73 bits per heavy atom. The van der Waals surface area contributed by atoms with Crippen molar-refractivity contribution in [2.45, 2.75) is 79.1 Å². The zero-order valence-corrected chi connectivity index (χ0v) is 17.0. The molecule has 0 saturated heterocycles. The second kappa shape index (κ2) is 6.49. The van der Waals surface area contributed by atoms with Crippen molar-refractivity contribution in [2.24, 2.45) is 39.7 Å². The van der Waals surface area contributed by atoms with E-state index in [1.165, 1.54) is 43.4 Å². The third-order valence-corrected chi connectivity index (χ3v) is 8.80. The zero-order valence-electron chi connectivity index (χ0n) is 17.0. The van der Waals surface area contributed by atoms with Gasteiger partial charge >= 0.3 is 0 Å². The largest absolute Gasteiger partial charge is 0.396 e. The molecule has 3 heteroatoms. The van der Waals surface area contributed by atoms with E-state index in [4.69, 9.17) is 4.84 Å². The lowest BCUT2D eigenvalue weighted by molar-refractivity contribution is -0.117. The highest BCUT2D eigenvalue weighted by Gasteiger charge is 2.59. The molecule has 4 aliphatic carbocycles. The summed E-state index contributed by atoms with van der Waals surface area (Å²) in [5.41, 5.74) is 3.35. The Hall–Kier alpha value is -1.12. The van der Waals surface area contributed by atoms with Gasteiger partial charge < -0.3 is 4.84 Å². The SMILES string of the molecule is CCON=C(C)[C@H]1CC[C@H]2[C@@H]3CCC4=CC(=O)CC[C@]4(C)[C@H]3CC[C@]12C. The second-order valence-corrected chi connectivity index (χ2v) is 9.79. The average molecular weight is 358 g/mol. The molecule has 0 unspecified atom stereocenters. The molecule has 0 radical (unpaired) electrons. The molecule has 6 atom stereocenters. The van der Waals surface area contributed by atoms with E-state index in [1.807, 2.05) is 13.0 Å². The summed E-state index contributed by atoms with van der Waals surface area (Å²) in [5.74, 6) is 3.36. The van der Waals surface area contributed by atoms with Crippen LogP contribution in [0.25, 0.3) is 0 Å². The van der Waals surface area contributed by atoms with Gasteiger partial charge in [-0.2, -0.15) is 0 Å². The van der Waals surface area contributed by atoms with Gasteiger partial charge in [0.15, 0.2) is 5.78 Å². The van der Waals surface area contributed by atoms with E-state index in [0.29, 0.717) is 23.7 Å². The molecular weight excluding hydrogens is 322 g/mol. The van der Waals surface area contributed by atoms with E-state index >= 15 is 0 Å². The number of carbonyl (C=O) groups is 1. The van der Waals surface area contributed by atoms with Crippen molar-refractivity contribution in [3.63, 3.8) is 0 Å². The third-order valence-electron chi connectivity index (χ3n) is 8.80. The van der Waals surface area contributed by atoms with Crippen molar-refractivity contribution < 1.29 is 9.63 Å². The van der Waals surface area contributed by atoms with Gasteiger partial charge in [0.25, 0.3) is 0 Å². The quantitative estimate of drug-likeness (QED) is 0.491. The molecule has 4 aliphatic rings. The van der Waals surface area contributed by atoms with Crippen LogP contribution in [0, 0.1) is 34.5 Å². The van der Waals surface area contributed by atoms with E-state index in [-0.39, 0.29) is 5.41 Å². The maximum Gasteiger partial charge on any atom is 0.155 e. The fourth-order valence-electron chi connectivity index (χ4n) is 7.48. The number of carbonyl (C=O) groups excluding carboxylic acids is 1. The molecule has 26 heavy (non-hydrogen) atoms. The van der Waals surface area contributed by atoms with Crippen molar-refractivity contribution in [2.75, 3.05) is 6.61 Å². The fourth-order valence-corrected chi connectivity index (χ4v) is 7.48. The Morgan fingerprint density at radius 2 is 1.96 bits per heavy atom. The van der Waals surface area contributed by atoms with E-state index in [2.05, 4.69) is 25.9 Å². The molecule has 144 valence electrons. The molecule has 0 bridgehead atoms. The van der Waals surface area contributed by atoms with E-state index in [1.54, 1.807) is 0 Å². The van der Waals surface area contributed by atoms with Gasteiger partial charge in [-0.25, -0.2) is 0 Å². The number of nitrogens with zero attached hydrogens (tertiary/aromatic N) is 1. The van der Waals surface area contributed by atoms with Crippen LogP contribution in [0.15, 0.2) is 16.8 Å². The highest BCUT2D eigenvalue weighted by molar-refractivity contribution is 5.91. The van der Waals surface area contributed by atoms with Crippen LogP contribution in [0.5, 0.6) is 0 Å². The molecule has 4 rings (SSSR count). The summed E-state index contributed by atoms with van der Waals surface area (Å²) in [7, 11) is 0. The molecule has 3 fully saturated rings. The number of ketones is 1. The zero-order chi connectivity index (χ0) is 18.5. The monoisotopic (exact) mass is 357 g/mol. The molecule has 0 aliphatic heterocycles. The van der Waals surface area contributed by atoms with Gasteiger partial charge in [0.2, 0.25) is 0 Å². The maximum atomic E-state index is 12.0. The van der Waals surface area contributed by atoms with Crippen molar-refractivity contribution in [3.8, 4) is 0 Å². The summed E-state index contributed by atoms with van der Waals surface area (Å²) in [6, 6.07) is 0. The maximum absolute atomic E-state index is 12.0. The van der Waals surface area contributed by atoms with Crippen LogP contribution >= 0.6 is 0 Å². The lowest BCUT2D eigenvalue weighted by Gasteiger charge is -2.58. The number of rotatable bonds is 3. The predicted molar refractivity (Wildman–Crippen MR) is 105 cm³/mol. The van der Waals surface area contributed by atoms with Gasteiger partial charge in [0.05, 0.1) is 5.71 Å². The summed E-state index contributed by atoms with van der Waals surface area (Å²) in [6.45, 7) is 9.84. The number of fused-ring (bicyclic) bond motifs is 5. The molecule has 0 heterocycles. The minimum Gasteiger partial charge on any atom is -0.396 e. The number of hydrogen-bond donors (Lipinski definition) is 0. The molecule has 0 N–H and O–H groups in total. The summed E-state index contributed by atoms with van der Waals surface area (Å²) in [4.78, 5) is 17.3. The first-order valence-electron chi connectivity index (χ1n) is 10.8. The molecular formula is C23H35NO2. The minimum atomic E-state index is 0.282. The molecule has 3 saturated carbocycles. The van der Waals surface area contributed by atoms with Gasteiger partial charge in [-0.3, -0.25) is 4.79 Å². The lowest BCUT2D eigenvalue weighted by Crippen LogP contribution is -2.51. The standard InChI is InChI=1S/C23H35NO2/c1-5-26-24-15(2)19-8-9-20-18-7-6-16-14-17(25)10-12-22(16,3)21(18)11-13-23(19,20)4/h14,18-21H,5-13H2,1-4H3/t18-,19+,20-,21-,22-,23+/m0/s1. The first kappa shape index (κ1) is 18.3. The Bertz CT molecular complexity index is 651. The summed E-state index contributed by atoms with van der Waals surface area (Å²) in [5, 5.41) is 4.42. The van der Waals surface area contributed by atoms with Crippen LogP contribution in [0.2, 0.25) is 0 Å². The summed E-state index contributed by atoms with van der Waals surface area (Å²) in [6.07, 6.45) is 11.5. The van der Waals surface area contributed by atoms with Gasteiger partial charge in [-0.15, -0.1) is 0 Å².